The third-order valence-corrected chi connectivity index (χ3v) is 4.20. The summed E-state index contributed by atoms with van der Waals surface area (Å²) in [6, 6.07) is 18.3. The van der Waals surface area contributed by atoms with Gasteiger partial charge in [0.05, 0.1) is 6.54 Å². The number of amides is 2. The number of ether oxygens (including phenoxy) is 1. The highest BCUT2D eigenvalue weighted by molar-refractivity contribution is 5.74. The maximum Gasteiger partial charge on any atom is 0.317 e. The Bertz CT molecular complexity index is 658. The largest absolute Gasteiger partial charge is 0.491 e. The van der Waals surface area contributed by atoms with Gasteiger partial charge in [-0.25, -0.2) is 4.79 Å². The molecule has 1 N–H and O–H groups in total. The molecular weight excluding hydrogens is 312 g/mol. The highest BCUT2D eigenvalue weighted by Crippen LogP contribution is 2.15. The summed E-state index contributed by atoms with van der Waals surface area (Å²) in [5.74, 6) is 0.868. The summed E-state index contributed by atoms with van der Waals surface area (Å²) in [6.45, 7) is 5.08. The number of nitrogens with one attached hydrogen (secondary N) is 1. The van der Waals surface area contributed by atoms with Crippen molar-refractivity contribution in [1.82, 2.24) is 10.2 Å². The molecule has 1 atom stereocenters. The standard InChI is InChI=1S/C21H28N2O2/c1-17-9-7-8-12-20(17)25-16-15-23(3)21(24)22-18(2)13-14-19-10-5-4-6-11-19/h4-12,18H,13-16H2,1-3H3,(H,22,24). The van der Waals surface area contributed by atoms with Crippen molar-refractivity contribution < 1.29 is 9.53 Å². The van der Waals surface area contributed by atoms with Gasteiger partial charge in [0, 0.05) is 13.1 Å². The van der Waals surface area contributed by atoms with E-state index in [-0.39, 0.29) is 12.1 Å². The van der Waals surface area contributed by atoms with E-state index in [2.05, 4.69) is 17.4 Å². The average molecular weight is 340 g/mol. The summed E-state index contributed by atoms with van der Waals surface area (Å²) in [5.41, 5.74) is 2.40. The van der Waals surface area contributed by atoms with Crippen LogP contribution in [-0.2, 0) is 6.42 Å². The lowest BCUT2D eigenvalue weighted by Crippen LogP contribution is -2.43. The maximum absolute atomic E-state index is 12.2. The Hall–Kier alpha value is -2.49. The van der Waals surface area contributed by atoms with E-state index in [1.807, 2.05) is 56.3 Å². The van der Waals surface area contributed by atoms with Gasteiger partial charge in [0.2, 0.25) is 0 Å². The van der Waals surface area contributed by atoms with Crippen LogP contribution in [0.25, 0.3) is 0 Å². The molecule has 4 nitrogen and oxygen atoms in total. The first-order chi connectivity index (χ1) is 12.1. The Morgan fingerprint density at radius 1 is 1.12 bits per heavy atom. The molecule has 0 aliphatic carbocycles. The van der Waals surface area contributed by atoms with Crippen molar-refractivity contribution in [3.63, 3.8) is 0 Å². The first-order valence-electron chi connectivity index (χ1n) is 8.80. The molecule has 1 unspecified atom stereocenters. The van der Waals surface area contributed by atoms with Crippen LogP contribution in [0.15, 0.2) is 54.6 Å². The number of carbonyl (C=O) groups is 1. The summed E-state index contributed by atoms with van der Waals surface area (Å²) in [4.78, 5) is 13.9. The average Bonchev–Trinajstić information content (AvgIpc) is 2.62. The number of hydrogen-bond donors (Lipinski definition) is 1. The third-order valence-electron chi connectivity index (χ3n) is 4.20. The molecule has 2 aromatic carbocycles. The van der Waals surface area contributed by atoms with Crippen LogP contribution in [-0.4, -0.2) is 37.2 Å². The Labute approximate surface area is 150 Å². The number of urea groups is 1. The van der Waals surface area contributed by atoms with Crippen molar-refractivity contribution in [1.29, 1.82) is 0 Å². The second-order valence-corrected chi connectivity index (χ2v) is 6.41. The van der Waals surface area contributed by atoms with E-state index < -0.39 is 0 Å². The van der Waals surface area contributed by atoms with E-state index in [9.17, 15) is 4.79 Å². The highest BCUT2D eigenvalue weighted by Gasteiger charge is 2.12. The molecule has 0 saturated carbocycles. The van der Waals surface area contributed by atoms with Crippen LogP contribution >= 0.6 is 0 Å². The summed E-state index contributed by atoms with van der Waals surface area (Å²) in [5, 5.41) is 3.04. The fourth-order valence-corrected chi connectivity index (χ4v) is 2.53. The van der Waals surface area contributed by atoms with Gasteiger partial charge in [-0.1, -0.05) is 48.5 Å². The number of aryl methyl sites for hydroxylation is 2. The minimum absolute atomic E-state index is 0.0612. The molecule has 0 radical (unpaired) electrons. The molecule has 0 aliphatic rings. The number of nitrogens with zero attached hydrogens (tertiary/aromatic N) is 1. The molecule has 25 heavy (non-hydrogen) atoms. The predicted octanol–water partition coefficient (Wildman–Crippen LogP) is 4.04. The molecule has 2 aromatic rings. The molecule has 0 heterocycles. The topological polar surface area (TPSA) is 41.6 Å². The zero-order valence-electron chi connectivity index (χ0n) is 15.4. The molecular formula is C21H28N2O2. The fourth-order valence-electron chi connectivity index (χ4n) is 2.53. The Morgan fingerprint density at radius 2 is 1.80 bits per heavy atom. The monoisotopic (exact) mass is 340 g/mol. The van der Waals surface area contributed by atoms with Crippen LogP contribution in [0.4, 0.5) is 4.79 Å². The minimum atomic E-state index is -0.0612. The van der Waals surface area contributed by atoms with Crippen molar-refractivity contribution in [3.05, 3.63) is 65.7 Å². The lowest BCUT2D eigenvalue weighted by molar-refractivity contribution is 0.191. The van der Waals surface area contributed by atoms with E-state index in [1.165, 1.54) is 5.56 Å². The van der Waals surface area contributed by atoms with Crippen LogP contribution in [0.2, 0.25) is 0 Å². The Balaban J connectivity index is 1.68. The molecule has 2 rings (SSSR count). The lowest BCUT2D eigenvalue weighted by atomic mass is 10.1. The Morgan fingerprint density at radius 3 is 2.52 bits per heavy atom. The van der Waals surface area contributed by atoms with Gasteiger partial charge in [0.15, 0.2) is 0 Å². The number of rotatable bonds is 8. The maximum atomic E-state index is 12.2. The molecule has 0 bridgehead atoms. The van der Waals surface area contributed by atoms with Crippen molar-refractivity contribution in [3.8, 4) is 5.75 Å². The number of para-hydroxylation sites is 1. The van der Waals surface area contributed by atoms with E-state index >= 15 is 0 Å². The van der Waals surface area contributed by atoms with Crippen LogP contribution in [0.3, 0.4) is 0 Å². The van der Waals surface area contributed by atoms with Gasteiger partial charge in [-0.3, -0.25) is 0 Å². The second kappa shape index (κ2) is 9.72. The smallest absolute Gasteiger partial charge is 0.317 e. The van der Waals surface area contributed by atoms with E-state index in [1.54, 1.807) is 11.9 Å². The molecule has 0 aliphatic heterocycles. The van der Waals surface area contributed by atoms with Crippen LogP contribution < -0.4 is 10.1 Å². The summed E-state index contributed by atoms with van der Waals surface area (Å²) in [6.07, 6.45) is 1.88. The SMILES string of the molecule is Cc1ccccc1OCCN(C)C(=O)NC(C)CCc1ccccc1. The van der Waals surface area contributed by atoms with Crippen molar-refractivity contribution in [2.24, 2.45) is 0 Å². The van der Waals surface area contributed by atoms with Crippen LogP contribution in [0.1, 0.15) is 24.5 Å². The molecule has 4 heteroatoms. The van der Waals surface area contributed by atoms with Gasteiger partial charge >= 0.3 is 6.03 Å². The van der Waals surface area contributed by atoms with Gasteiger partial charge < -0.3 is 15.0 Å². The zero-order chi connectivity index (χ0) is 18.1. The van der Waals surface area contributed by atoms with Crippen molar-refractivity contribution in [2.75, 3.05) is 20.2 Å². The molecule has 134 valence electrons. The number of carbonyl (C=O) groups excluding carboxylic acids is 1. The normalized spacial score (nSPS) is 11.6. The van der Waals surface area contributed by atoms with E-state index in [4.69, 9.17) is 4.74 Å². The first-order valence-corrected chi connectivity index (χ1v) is 8.80. The second-order valence-electron chi connectivity index (χ2n) is 6.41. The summed E-state index contributed by atoms with van der Waals surface area (Å²) in [7, 11) is 1.79. The van der Waals surface area contributed by atoms with Gasteiger partial charge in [0.25, 0.3) is 0 Å². The summed E-state index contributed by atoms with van der Waals surface area (Å²) < 4.78 is 5.75. The predicted molar refractivity (Wildman–Crippen MR) is 102 cm³/mol. The van der Waals surface area contributed by atoms with Gasteiger partial charge in [-0.05, 0) is 43.9 Å². The molecule has 0 spiro atoms. The van der Waals surface area contributed by atoms with Gasteiger partial charge in [0.1, 0.15) is 12.4 Å². The lowest BCUT2D eigenvalue weighted by Gasteiger charge is -2.21. The van der Waals surface area contributed by atoms with E-state index in [0.717, 1.165) is 24.2 Å². The quantitative estimate of drug-likeness (QED) is 0.788. The summed E-state index contributed by atoms with van der Waals surface area (Å²) >= 11 is 0. The number of likely N-dealkylation sites (N-methyl/N-ethyl adjacent to an activating group) is 1. The fraction of sp³-hybridized carbons (Fsp3) is 0.381. The van der Waals surface area contributed by atoms with Crippen LogP contribution in [0, 0.1) is 6.92 Å². The zero-order valence-corrected chi connectivity index (χ0v) is 15.4. The first kappa shape index (κ1) is 18.8. The Kier molecular flexibility index (Phi) is 7.33. The van der Waals surface area contributed by atoms with Gasteiger partial charge in [-0.15, -0.1) is 0 Å². The number of hydrogen-bond acceptors (Lipinski definition) is 2. The minimum Gasteiger partial charge on any atom is -0.491 e. The van der Waals surface area contributed by atoms with E-state index in [0.29, 0.717) is 13.2 Å². The van der Waals surface area contributed by atoms with Crippen molar-refractivity contribution in [2.45, 2.75) is 32.7 Å². The third kappa shape index (κ3) is 6.49. The van der Waals surface area contributed by atoms with Gasteiger partial charge in [-0.2, -0.15) is 0 Å². The molecule has 0 aromatic heterocycles. The van der Waals surface area contributed by atoms with Crippen molar-refractivity contribution >= 4 is 6.03 Å². The molecule has 0 fully saturated rings. The van der Waals surface area contributed by atoms with Crippen LogP contribution in [0.5, 0.6) is 5.75 Å². The highest BCUT2D eigenvalue weighted by atomic mass is 16.5. The molecule has 0 saturated heterocycles. The molecule has 2 amide bonds. The number of benzene rings is 2.